The lowest BCUT2D eigenvalue weighted by molar-refractivity contribution is 0.0474. The minimum Gasteiger partial charge on any atom is -0.462 e. The van der Waals surface area contributed by atoms with Gasteiger partial charge >= 0.3 is 47.8 Å². The van der Waals surface area contributed by atoms with Gasteiger partial charge in [0, 0.05) is 33.9 Å². The summed E-state index contributed by atoms with van der Waals surface area (Å²) in [4.78, 5) is 133. The number of cyclic esters (lactones) is 8. The van der Waals surface area contributed by atoms with Gasteiger partial charge in [-0.15, -0.1) is 0 Å². The van der Waals surface area contributed by atoms with E-state index >= 15 is 0 Å². The maximum atomic E-state index is 14.0. The summed E-state index contributed by atoms with van der Waals surface area (Å²) in [5.41, 5.74) is 13.3. The van der Waals surface area contributed by atoms with Crippen LogP contribution in [0.15, 0.2) is 97.1 Å². The van der Waals surface area contributed by atoms with Crippen molar-refractivity contribution in [1.29, 1.82) is 0 Å². The van der Waals surface area contributed by atoms with Crippen LogP contribution in [0.3, 0.4) is 0 Å². The van der Waals surface area contributed by atoms with Crippen LogP contribution in [0.4, 0.5) is 22.7 Å². The summed E-state index contributed by atoms with van der Waals surface area (Å²) in [6, 6.07) is 22.7. The predicted molar refractivity (Wildman–Crippen MR) is 350 cm³/mol. The smallest absolute Gasteiger partial charge is 0.338 e. The van der Waals surface area contributed by atoms with Crippen LogP contribution >= 0.6 is 0 Å². The third-order valence-corrected chi connectivity index (χ3v) is 15.6. The Morgan fingerprint density at radius 1 is 0.255 bits per heavy atom. The number of esters is 8. The van der Waals surface area contributed by atoms with Crippen molar-refractivity contribution < 1.29 is 85.8 Å². The Balaban J connectivity index is 0.962. The fourth-order valence-corrected chi connectivity index (χ4v) is 10.5. The molecular formula is C72H86N4O18. The summed E-state index contributed by atoms with van der Waals surface area (Å²) in [6.45, 7) is 1.07. The minimum atomic E-state index is -0.725. The summed E-state index contributed by atoms with van der Waals surface area (Å²) in [6.07, 6.45) is 17.4. The van der Waals surface area contributed by atoms with Gasteiger partial charge in [-0.25, -0.2) is 38.4 Å². The van der Waals surface area contributed by atoms with Crippen molar-refractivity contribution in [3.05, 3.63) is 153 Å². The van der Waals surface area contributed by atoms with Gasteiger partial charge in [0.1, 0.15) is 0 Å². The highest BCUT2D eigenvalue weighted by molar-refractivity contribution is 6.10. The van der Waals surface area contributed by atoms with Gasteiger partial charge in [-0.3, -0.25) is 9.59 Å². The zero-order valence-electron chi connectivity index (χ0n) is 53.4. The summed E-state index contributed by atoms with van der Waals surface area (Å²) in [5.74, 6) is -6.62. The van der Waals surface area contributed by atoms with Gasteiger partial charge in [-0.1, -0.05) is 109 Å². The molecule has 0 aliphatic carbocycles. The van der Waals surface area contributed by atoms with Crippen LogP contribution in [-0.4, -0.2) is 112 Å². The molecule has 2 heterocycles. The van der Waals surface area contributed by atoms with Crippen LogP contribution in [0.1, 0.15) is 258 Å². The number of anilines is 4. The number of ether oxygens (including phenoxy) is 8. The maximum absolute atomic E-state index is 14.0. The first kappa shape index (κ1) is 71.8. The van der Waals surface area contributed by atoms with E-state index in [2.05, 4.69) is 10.6 Å². The number of carbonyl (C=O) groups is 10. The average molecular weight is 1300 g/mol. The number of amides is 2. The third kappa shape index (κ3) is 24.8. The molecule has 22 heteroatoms. The zero-order valence-corrected chi connectivity index (χ0v) is 53.4. The second kappa shape index (κ2) is 39.1. The molecule has 94 heavy (non-hydrogen) atoms. The highest BCUT2D eigenvalue weighted by Crippen LogP contribution is 2.24. The lowest BCUT2D eigenvalue weighted by Crippen LogP contribution is -2.17. The molecule has 2 aliphatic heterocycles. The summed E-state index contributed by atoms with van der Waals surface area (Å²) < 4.78 is 44.3. The molecule has 5 aromatic rings. The first-order chi connectivity index (χ1) is 45.6. The number of hydrogen-bond donors (Lipinski definition) is 4. The molecule has 7 rings (SSSR count). The van der Waals surface area contributed by atoms with E-state index in [-0.39, 0.29) is 131 Å². The van der Waals surface area contributed by atoms with Crippen molar-refractivity contribution >= 4 is 82.3 Å². The normalized spacial score (nSPS) is 17.4. The maximum Gasteiger partial charge on any atom is 0.338 e. The third-order valence-electron chi connectivity index (χ3n) is 15.6. The highest BCUT2D eigenvalue weighted by Gasteiger charge is 2.22. The fraction of sp³-hybridized carbons (Fsp3) is 0.444. The molecule has 8 bridgehead atoms. The van der Waals surface area contributed by atoms with Gasteiger partial charge in [-0.2, -0.15) is 0 Å². The Labute approximate surface area is 547 Å². The molecule has 5 aromatic carbocycles. The van der Waals surface area contributed by atoms with Crippen LogP contribution in [-0.2, 0) is 37.9 Å². The lowest BCUT2D eigenvalue weighted by Gasteiger charge is -2.13. The fourth-order valence-electron chi connectivity index (χ4n) is 10.5. The van der Waals surface area contributed by atoms with Crippen molar-refractivity contribution in [1.82, 2.24) is 0 Å². The predicted octanol–water partition coefficient (Wildman–Crippen LogP) is 13.4. The van der Waals surface area contributed by atoms with Crippen LogP contribution < -0.4 is 22.1 Å². The number of rotatable bonds is 4. The second-order valence-electron chi connectivity index (χ2n) is 23.3. The molecule has 2 aliphatic rings. The van der Waals surface area contributed by atoms with E-state index in [9.17, 15) is 47.9 Å². The topological polar surface area (TPSA) is 321 Å². The second-order valence-corrected chi connectivity index (χ2v) is 23.3. The van der Waals surface area contributed by atoms with E-state index in [0.717, 1.165) is 103 Å². The van der Waals surface area contributed by atoms with Crippen molar-refractivity contribution in [3.8, 4) is 0 Å². The van der Waals surface area contributed by atoms with Crippen molar-refractivity contribution in [2.45, 2.75) is 154 Å². The molecule has 0 aromatic heterocycles. The van der Waals surface area contributed by atoms with Gasteiger partial charge in [0.25, 0.3) is 11.8 Å². The molecule has 6 N–H and O–H groups in total. The van der Waals surface area contributed by atoms with Crippen molar-refractivity contribution in [2.75, 3.05) is 75.0 Å². The lowest BCUT2D eigenvalue weighted by atomic mass is 10.1. The number of fused-ring (bicyclic) bond motifs is 8. The first-order valence-corrected chi connectivity index (χ1v) is 32.8. The summed E-state index contributed by atoms with van der Waals surface area (Å²) in [5, 5.41) is 5.49. The largest absolute Gasteiger partial charge is 0.462 e. The molecule has 0 saturated heterocycles. The Morgan fingerprint density at radius 2 is 0.436 bits per heavy atom. The van der Waals surface area contributed by atoms with E-state index in [1.807, 2.05) is 0 Å². The molecule has 2 amide bonds. The molecule has 0 spiro atoms. The molecular weight excluding hydrogens is 1210 g/mol. The number of carbonyl (C=O) groups excluding carboxylic acids is 10. The Bertz CT molecular complexity index is 3050. The average Bonchev–Trinajstić information content (AvgIpc) is 1.06. The van der Waals surface area contributed by atoms with Gasteiger partial charge < -0.3 is 60.0 Å². The van der Waals surface area contributed by atoms with Crippen LogP contribution in [0.2, 0.25) is 0 Å². The number of hydrogen-bond acceptors (Lipinski definition) is 20. The standard InChI is InChI=1S/C72H86N4O18/c73-59-41-51-37-52(42-59)66(80)88-29-18-10-2-6-14-22-33-92-70(84)56-39-55(69(83)91-32-21-13-5-1-9-17-28-87-65(51)79)45-61(46-56)75-63(77)49-26-25-27-50(36-49)64(78)76-62-47-57-40-58(48-62)72(86)94-35-24-16-8-4-12-20-31-90-68(82)54-38-53(43-60(74)44-54)67(81)89-30-19-11-3-7-15-23-34-93-71(57)85/h25-27,36-48H,1-24,28-35,73-74H2,(H,75,77)(H,76,78). The Morgan fingerprint density at radius 3 is 0.638 bits per heavy atom. The quantitative estimate of drug-likeness (QED) is 0.0738. The number of nitrogen functional groups attached to an aromatic ring is 2. The van der Waals surface area contributed by atoms with E-state index in [1.165, 1.54) is 97.1 Å². The number of benzene rings is 5. The van der Waals surface area contributed by atoms with Gasteiger partial charge in [0.05, 0.1) is 97.4 Å². The SMILES string of the molecule is Nc1cc2cc(c1)C(=O)OCCCCCCCCOC(=O)c1cc(NC(=O)c3cccc(C(=O)Nc4cc5cc(c4)C(=O)OCCCCCCCCOC(=O)c4cc(N)cc(c4)C(=O)OCCCCCCCCOC5=O)c3)cc(c1)C(=O)OCCCCCCCCOC2=O. The van der Waals surface area contributed by atoms with E-state index < -0.39 is 59.6 Å². The summed E-state index contributed by atoms with van der Waals surface area (Å²) in [7, 11) is 0. The van der Waals surface area contributed by atoms with E-state index in [0.29, 0.717) is 51.4 Å². The highest BCUT2D eigenvalue weighted by atomic mass is 16.6. The van der Waals surface area contributed by atoms with Gasteiger partial charge in [0.2, 0.25) is 0 Å². The molecule has 502 valence electrons. The van der Waals surface area contributed by atoms with Crippen LogP contribution in [0.25, 0.3) is 0 Å². The number of nitrogens with one attached hydrogen (secondary N) is 2. The molecule has 0 saturated carbocycles. The summed E-state index contributed by atoms with van der Waals surface area (Å²) >= 11 is 0. The van der Waals surface area contributed by atoms with Gasteiger partial charge in [0.15, 0.2) is 0 Å². The molecule has 0 fully saturated rings. The number of nitrogens with two attached hydrogens (primary N) is 2. The monoisotopic (exact) mass is 1290 g/mol. The zero-order chi connectivity index (χ0) is 66.9. The Kier molecular flexibility index (Phi) is 29.9. The first-order valence-electron chi connectivity index (χ1n) is 32.8. The van der Waals surface area contributed by atoms with Gasteiger partial charge in [-0.05, 0) is 142 Å². The van der Waals surface area contributed by atoms with E-state index in [1.54, 1.807) is 0 Å². The minimum absolute atomic E-state index is 0.00925. The van der Waals surface area contributed by atoms with Crippen molar-refractivity contribution in [3.63, 3.8) is 0 Å². The van der Waals surface area contributed by atoms with Crippen LogP contribution in [0, 0.1) is 0 Å². The molecule has 22 nitrogen and oxygen atoms in total. The Hall–Kier alpha value is -9.60. The van der Waals surface area contributed by atoms with Crippen molar-refractivity contribution in [2.24, 2.45) is 0 Å². The molecule has 0 unspecified atom stereocenters. The molecule has 0 atom stereocenters. The van der Waals surface area contributed by atoms with Crippen LogP contribution in [0.5, 0.6) is 0 Å². The van der Waals surface area contributed by atoms with E-state index in [4.69, 9.17) is 49.4 Å². The molecule has 0 radical (unpaired) electrons.